The van der Waals surface area contributed by atoms with Gasteiger partial charge in [-0.05, 0) is 72.9 Å². The molecule has 1 aliphatic heterocycles. The lowest BCUT2D eigenvalue weighted by molar-refractivity contribution is 0.402. The third-order valence-electron chi connectivity index (χ3n) is 5.93. The molecule has 2 atom stereocenters. The molecule has 8 heteroatoms. The SMILES string of the molecule is COc1ccc(OC)c(N2C(=S)N[C@@H](c3ccccn3)[C@@H]2c2cccn2-c2ccc(F)cc2)c1. The number of rotatable bonds is 6. The van der Waals surface area contributed by atoms with Gasteiger partial charge in [0.2, 0.25) is 0 Å². The van der Waals surface area contributed by atoms with E-state index in [1.807, 2.05) is 64.2 Å². The summed E-state index contributed by atoms with van der Waals surface area (Å²) in [6, 6.07) is 21.4. The van der Waals surface area contributed by atoms with Gasteiger partial charge in [0.15, 0.2) is 5.11 Å². The average Bonchev–Trinajstić information content (AvgIpc) is 3.49. The second-order valence-corrected chi connectivity index (χ2v) is 8.20. The van der Waals surface area contributed by atoms with Crippen LogP contribution in [0.5, 0.6) is 11.5 Å². The second-order valence-electron chi connectivity index (χ2n) is 7.81. The van der Waals surface area contributed by atoms with E-state index in [0.717, 1.165) is 22.8 Å². The van der Waals surface area contributed by atoms with Crippen LogP contribution < -0.4 is 19.7 Å². The van der Waals surface area contributed by atoms with Crippen molar-refractivity contribution < 1.29 is 13.9 Å². The summed E-state index contributed by atoms with van der Waals surface area (Å²) >= 11 is 5.85. The van der Waals surface area contributed by atoms with Crippen molar-refractivity contribution in [3.05, 3.63) is 102 Å². The Morgan fingerprint density at radius 1 is 0.971 bits per heavy atom. The lowest BCUT2D eigenvalue weighted by atomic mass is 10.0. The highest BCUT2D eigenvalue weighted by Gasteiger charge is 2.43. The van der Waals surface area contributed by atoms with Gasteiger partial charge in [-0.15, -0.1) is 0 Å². The summed E-state index contributed by atoms with van der Waals surface area (Å²) in [5, 5.41) is 4.00. The van der Waals surface area contributed by atoms with Crippen LogP contribution >= 0.6 is 12.2 Å². The molecule has 2 aromatic heterocycles. The zero-order valence-electron chi connectivity index (χ0n) is 18.7. The van der Waals surface area contributed by atoms with Gasteiger partial charge in [-0.2, -0.15) is 0 Å². The number of nitrogens with zero attached hydrogens (tertiary/aromatic N) is 3. The largest absolute Gasteiger partial charge is 0.497 e. The number of benzene rings is 2. The van der Waals surface area contributed by atoms with Gasteiger partial charge in [0.25, 0.3) is 0 Å². The van der Waals surface area contributed by atoms with E-state index in [1.165, 1.54) is 12.1 Å². The monoisotopic (exact) mass is 474 g/mol. The number of ether oxygens (including phenoxy) is 2. The number of methoxy groups -OCH3 is 2. The predicted molar refractivity (Wildman–Crippen MR) is 133 cm³/mol. The van der Waals surface area contributed by atoms with Gasteiger partial charge in [-0.1, -0.05) is 6.07 Å². The van der Waals surface area contributed by atoms with Crippen molar-refractivity contribution in [1.82, 2.24) is 14.9 Å². The van der Waals surface area contributed by atoms with Crippen LogP contribution in [-0.4, -0.2) is 28.9 Å². The number of pyridine rings is 1. The number of halogens is 1. The fraction of sp³-hybridized carbons (Fsp3) is 0.154. The van der Waals surface area contributed by atoms with Crippen molar-refractivity contribution in [3.8, 4) is 17.2 Å². The maximum atomic E-state index is 13.6. The third kappa shape index (κ3) is 3.86. The minimum absolute atomic E-state index is 0.237. The number of anilines is 1. The van der Waals surface area contributed by atoms with Crippen LogP contribution in [0.4, 0.5) is 10.1 Å². The molecule has 2 aromatic carbocycles. The molecule has 1 N–H and O–H groups in total. The number of aromatic nitrogens is 2. The molecule has 1 aliphatic rings. The second kappa shape index (κ2) is 9.15. The van der Waals surface area contributed by atoms with Crippen LogP contribution in [0.15, 0.2) is 85.2 Å². The molecule has 0 spiro atoms. The van der Waals surface area contributed by atoms with E-state index < -0.39 is 0 Å². The highest BCUT2D eigenvalue weighted by atomic mass is 32.1. The van der Waals surface area contributed by atoms with Gasteiger partial charge in [-0.3, -0.25) is 4.98 Å². The van der Waals surface area contributed by atoms with E-state index in [2.05, 4.69) is 10.3 Å². The highest BCUT2D eigenvalue weighted by Crippen LogP contribution is 2.46. The molecule has 6 nitrogen and oxygen atoms in total. The first-order valence-corrected chi connectivity index (χ1v) is 11.2. The fourth-order valence-corrected chi connectivity index (χ4v) is 4.71. The maximum absolute atomic E-state index is 13.6. The van der Waals surface area contributed by atoms with E-state index in [-0.39, 0.29) is 17.9 Å². The van der Waals surface area contributed by atoms with Crippen molar-refractivity contribution >= 4 is 23.0 Å². The molecule has 0 bridgehead atoms. The van der Waals surface area contributed by atoms with Crippen LogP contribution in [0.1, 0.15) is 23.5 Å². The molecule has 0 aliphatic carbocycles. The average molecular weight is 475 g/mol. The Hall–Kier alpha value is -3.91. The predicted octanol–water partition coefficient (Wildman–Crippen LogP) is 5.21. The minimum atomic E-state index is -0.282. The van der Waals surface area contributed by atoms with Crippen LogP contribution in [0.3, 0.4) is 0 Å². The standard InChI is InChI=1S/C26H23FN4O2S/c1-32-19-12-13-23(33-2)22(16-19)31-25(24(29-26(31)34)20-6-3-4-14-28-20)21-7-5-15-30(21)18-10-8-17(27)9-11-18/h3-16,24-25H,1-2H3,(H,29,34)/t24-,25-/m0/s1. The molecule has 34 heavy (non-hydrogen) atoms. The van der Waals surface area contributed by atoms with Crippen molar-refractivity contribution in [2.45, 2.75) is 12.1 Å². The lowest BCUT2D eigenvalue weighted by Gasteiger charge is -2.30. The summed E-state index contributed by atoms with van der Waals surface area (Å²) in [4.78, 5) is 6.64. The molecule has 5 rings (SSSR count). The first-order chi connectivity index (χ1) is 16.6. The minimum Gasteiger partial charge on any atom is -0.497 e. The molecule has 3 heterocycles. The van der Waals surface area contributed by atoms with Crippen LogP contribution in [0.2, 0.25) is 0 Å². The van der Waals surface area contributed by atoms with Crippen LogP contribution in [0.25, 0.3) is 5.69 Å². The molecule has 0 amide bonds. The Morgan fingerprint density at radius 2 is 1.79 bits per heavy atom. The summed E-state index contributed by atoms with van der Waals surface area (Å²) in [6.07, 6.45) is 3.73. The molecule has 0 saturated carbocycles. The summed E-state index contributed by atoms with van der Waals surface area (Å²) in [5.74, 6) is 1.07. The molecule has 0 radical (unpaired) electrons. The first kappa shape index (κ1) is 21.9. The molecule has 4 aromatic rings. The highest BCUT2D eigenvalue weighted by molar-refractivity contribution is 7.80. The van der Waals surface area contributed by atoms with Crippen LogP contribution in [-0.2, 0) is 0 Å². The van der Waals surface area contributed by atoms with E-state index in [1.54, 1.807) is 32.5 Å². The smallest absolute Gasteiger partial charge is 0.174 e. The maximum Gasteiger partial charge on any atom is 0.174 e. The molecular weight excluding hydrogens is 451 g/mol. The summed E-state index contributed by atoms with van der Waals surface area (Å²) < 4.78 is 26.8. The van der Waals surface area contributed by atoms with Gasteiger partial charge < -0.3 is 24.3 Å². The number of hydrogen-bond donors (Lipinski definition) is 1. The third-order valence-corrected chi connectivity index (χ3v) is 6.25. The number of nitrogens with one attached hydrogen (secondary N) is 1. The molecule has 1 saturated heterocycles. The van der Waals surface area contributed by atoms with Gasteiger partial charge in [0.1, 0.15) is 23.4 Å². The molecule has 172 valence electrons. The zero-order valence-corrected chi connectivity index (χ0v) is 19.5. The van der Waals surface area contributed by atoms with Crippen molar-refractivity contribution in [1.29, 1.82) is 0 Å². The quantitative estimate of drug-likeness (QED) is 0.388. The normalized spacial score (nSPS) is 17.5. The topological polar surface area (TPSA) is 51.6 Å². The lowest BCUT2D eigenvalue weighted by Crippen LogP contribution is -2.30. The molecular formula is C26H23FN4O2S. The van der Waals surface area contributed by atoms with Gasteiger partial charge in [-0.25, -0.2) is 4.39 Å². The Balaban J connectivity index is 1.70. The van der Waals surface area contributed by atoms with Crippen molar-refractivity contribution in [2.24, 2.45) is 0 Å². The Labute approximate surface area is 202 Å². The van der Waals surface area contributed by atoms with E-state index in [4.69, 9.17) is 21.7 Å². The summed E-state index contributed by atoms with van der Waals surface area (Å²) in [5.41, 5.74) is 3.43. The zero-order chi connectivity index (χ0) is 23.7. The van der Waals surface area contributed by atoms with Crippen molar-refractivity contribution in [3.63, 3.8) is 0 Å². The van der Waals surface area contributed by atoms with Gasteiger partial charge in [0, 0.05) is 29.8 Å². The fourth-order valence-electron chi connectivity index (χ4n) is 4.37. The van der Waals surface area contributed by atoms with Crippen LogP contribution in [0, 0.1) is 5.82 Å². The molecule has 0 unspecified atom stereocenters. The van der Waals surface area contributed by atoms with E-state index in [0.29, 0.717) is 16.6 Å². The molecule has 1 fully saturated rings. The number of hydrogen-bond acceptors (Lipinski definition) is 4. The van der Waals surface area contributed by atoms with E-state index in [9.17, 15) is 4.39 Å². The Bertz CT molecular complexity index is 1310. The number of thiocarbonyl (C=S) groups is 1. The van der Waals surface area contributed by atoms with Gasteiger partial charge in [0.05, 0.1) is 31.6 Å². The first-order valence-electron chi connectivity index (χ1n) is 10.8. The Morgan fingerprint density at radius 3 is 2.50 bits per heavy atom. The van der Waals surface area contributed by atoms with E-state index >= 15 is 0 Å². The summed E-state index contributed by atoms with van der Waals surface area (Å²) in [6.45, 7) is 0. The van der Waals surface area contributed by atoms with Gasteiger partial charge >= 0.3 is 0 Å². The Kier molecular flexibility index (Phi) is 5.90. The summed E-state index contributed by atoms with van der Waals surface area (Å²) in [7, 11) is 3.25. The van der Waals surface area contributed by atoms with Crippen molar-refractivity contribution in [2.75, 3.05) is 19.1 Å².